The summed E-state index contributed by atoms with van der Waals surface area (Å²) in [7, 11) is 0. The van der Waals surface area contributed by atoms with Crippen LogP contribution in [0.25, 0.3) is 89.4 Å². The highest BCUT2D eigenvalue weighted by Crippen LogP contribution is 2.62. The monoisotopic (exact) mass is 894 g/mol. The SMILES string of the molecule is CC1(C)c2cc3c(cc2-c2c1cc(C1=C4C=Cc5cccc6c5C4C(=CC6)C=C1)c1oc4ccccc4c21)C(C)(C)c1cc(C2=C4C=Cc5cccc6c5C4C(=CC6)C=C2)c2oc4ccccc4c2c1-3. The fourth-order valence-electron chi connectivity index (χ4n) is 14.8. The van der Waals surface area contributed by atoms with Gasteiger partial charge in [0.15, 0.2) is 0 Å². The third kappa shape index (κ3) is 4.49. The van der Waals surface area contributed by atoms with Gasteiger partial charge in [-0.3, -0.25) is 0 Å². The molecule has 17 rings (SSSR count). The van der Waals surface area contributed by atoms with Crippen molar-refractivity contribution >= 4 is 67.2 Å². The Morgan fingerprint density at radius 2 is 0.871 bits per heavy atom. The number of para-hydroxylation sites is 2. The van der Waals surface area contributed by atoms with E-state index in [1.807, 2.05) is 0 Å². The predicted molar refractivity (Wildman–Crippen MR) is 288 cm³/mol. The molecule has 70 heavy (non-hydrogen) atoms. The topological polar surface area (TPSA) is 26.3 Å². The fourth-order valence-corrected chi connectivity index (χ4v) is 14.8. The van der Waals surface area contributed by atoms with Crippen LogP contribution >= 0.6 is 0 Å². The molecule has 330 valence electrons. The second-order valence-corrected chi connectivity index (χ2v) is 22.1. The maximum Gasteiger partial charge on any atom is 0.143 e. The summed E-state index contributed by atoms with van der Waals surface area (Å²) in [6.45, 7) is 9.81. The highest BCUT2D eigenvalue weighted by Gasteiger charge is 2.46. The van der Waals surface area contributed by atoms with Gasteiger partial charge in [0, 0.05) is 55.3 Å². The lowest BCUT2D eigenvalue weighted by Gasteiger charge is -2.35. The molecule has 0 saturated carbocycles. The third-order valence-corrected chi connectivity index (χ3v) is 18.1. The van der Waals surface area contributed by atoms with Crippen LogP contribution in [0.3, 0.4) is 0 Å². The lowest BCUT2D eigenvalue weighted by atomic mass is 9.68. The summed E-state index contributed by atoms with van der Waals surface area (Å²) in [5, 5.41) is 4.79. The quantitative estimate of drug-likeness (QED) is 0.173. The summed E-state index contributed by atoms with van der Waals surface area (Å²) < 4.78 is 14.3. The Balaban J connectivity index is 0.908. The molecule has 0 spiro atoms. The first kappa shape index (κ1) is 38.0. The molecule has 2 atom stereocenters. The molecule has 0 N–H and O–H groups in total. The minimum atomic E-state index is -0.305. The van der Waals surface area contributed by atoms with Crippen molar-refractivity contribution in [3.05, 3.63) is 247 Å². The van der Waals surface area contributed by atoms with Crippen LogP contribution in [0, 0.1) is 0 Å². The van der Waals surface area contributed by atoms with Crippen molar-refractivity contribution in [1.82, 2.24) is 0 Å². The zero-order valence-corrected chi connectivity index (χ0v) is 39.6. The van der Waals surface area contributed by atoms with E-state index in [9.17, 15) is 0 Å². The van der Waals surface area contributed by atoms with E-state index in [1.54, 1.807) is 0 Å². The average molecular weight is 895 g/mol. The Kier molecular flexibility index (Phi) is 6.85. The molecule has 2 heterocycles. The number of allylic oxidation sites excluding steroid dienone is 14. The summed E-state index contributed by atoms with van der Waals surface area (Å²) >= 11 is 0. The van der Waals surface area contributed by atoms with Crippen LogP contribution in [0.2, 0.25) is 0 Å². The molecule has 8 aliphatic rings. The summed E-state index contributed by atoms with van der Waals surface area (Å²) in [5.41, 5.74) is 32.8. The van der Waals surface area contributed by atoms with Crippen molar-refractivity contribution in [3.63, 3.8) is 0 Å². The number of hydrogen-bond acceptors (Lipinski definition) is 2. The highest BCUT2D eigenvalue weighted by molar-refractivity contribution is 6.21. The van der Waals surface area contributed by atoms with Crippen molar-refractivity contribution in [2.75, 3.05) is 0 Å². The average Bonchev–Trinajstić information content (AvgIpc) is 4.09. The minimum absolute atomic E-state index is 0.223. The van der Waals surface area contributed by atoms with Gasteiger partial charge in [-0.1, -0.05) is 161 Å². The van der Waals surface area contributed by atoms with E-state index in [0.29, 0.717) is 0 Å². The van der Waals surface area contributed by atoms with Crippen LogP contribution < -0.4 is 0 Å². The van der Waals surface area contributed by atoms with Gasteiger partial charge in [-0.2, -0.15) is 0 Å². The Morgan fingerprint density at radius 3 is 1.34 bits per heavy atom. The molecule has 0 amide bonds. The van der Waals surface area contributed by atoms with Crippen molar-refractivity contribution in [1.29, 1.82) is 0 Å². The molecule has 0 saturated heterocycles. The molecule has 0 fully saturated rings. The van der Waals surface area contributed by atoms with Gasteiger partial charge in [0.1, 0.15) is 22.3 Å². The third-order valence-electron chi connectivity index (χ3n) is 18.1. The minimum Gasteiger partial charge on any atom is -0.455 e. The molecule has 0 aliphatic heterocycles. The summed E-state index contributed by atoms with van der Waals surface area (Å²) in [6.07, 6.45) is 25.8. The standard InChI is InChI=1S/C68H46O2/c1-67(2)51-33-50-52(34-49(51)61-53(67)31-47(65-63(61)45-15-5-7-17-55(45)69-65)41-27-23-39-21-19-35-11-9-13-37-25-29-43(41)59(39)57(35)37)68(3,4)54-32-48(66-64(62(50)54)46-16-6-8-18-56(46)70-66)42-28-24-40-22-20-36-12-10-14-38-26-30-44(42)60(40)58(36)38/h5-18,21-34,59-60H,19-20H2,1-4H3. The molecular formula is C68H46O2. The first-order chi connectivity index (χ1) is 34.2. The largest absolute Gasteiger partial charge is 0.455 e. The van der Waals surface area contributed by atoms with E-state index in [2.05, 4.69) is 198 Å². The molecule has 7 aromatic carbocycles. The smallest absolute Gasteiger partial charge is 0.143 e. The van der Waals surface area contributed by atoms with E-state index in [4.69, 9.17) is 8.83 Å². The summed E-state index contributed by atoms with van der Waals surface area (Å²) in [5.74, 6) is 0.446. The van der Waals surface area contributed by atoms with Gasteiger partial charge >= 0.3 is 0 Å². The number of benzene rings is 7. The van der Waals surface area contributed by atoms with Gasteiger partial charge in [0.25, 0.3) is 0 Å². The Labute approximate surface area is 406 Å². The second-order valence-electron chi connectivity index (χ2n) is 22.1. The first-order valence-electron chi connectivity index (χ1n) is 25.2. The molecule has 2 heteroatoms. The summed E-state index contributed by atoms with van der Waals surface area (Å²) in [6, 6.07) is 41.2. The number of rotatable bonds is 2. The number of furan rings is 2. The zero-order chi connectivity index (χ0) is 46.1. The van der Waals surface area contributed by atoms with Crippen molar-refractivity contribution in [2.24, 2.45) is 0 Å². The number of hydrogen-bond donors (Lipinski definition) is 0. The fraction of sp³-hybridized carbons (Fsp3) is 0.147. The maximum absolute atomic E-state index is 7.13. The first-order valence-corrected chi connectivity index (χ1v) is 25.2. The highest BCUT2D eigenvalue weighted by atomic mass is 16.3. The molecular weight excluding hydrogens is 849 g/mol. The van der Waals surface area contributed by atoms with Crippen LogP contribution in [0.1, 0.15) is 106 Å². The van der Waals surface area contributed by atoms with Gasteiger partial charge in [0.2, 0.25) is 0 Å². The van der Waals surface area contributed by atoms with E-state index in [1.165, 1.54) is 144 Å². The van der Waals surface area contributed by atoms with Crippen molar-refractivity contribution in [3.8, 4) is 22.3 Å². The molecule has 2 unspecified atom stereocenters. The van der Waals surface area contributed by atoms with Crippen LogP contribution in [-0.4, -0.2) is 0 Å². The molecule has 2 nitrogen and oxygen atoms in total. The van der Waals surface area contributed by atoms with Crippen LogP contribution in [0.5, 0.6) is 0 Å². The van der Waals surface area contributed by atoms with E-state index >= 15 is 0 Å². The second kappa shape index (κ2) is 12.6. The zero-order valence-electron chi connectivity index (χ0n) is 39.6. The van der Waals surface area contributed by atoms with Gasteiger partial charge in [-0.25, -0.2) is 0 Å². The Morgan fingerprint density at radius 1 is 0.429 bits per heavy atom. The van der Waals surface area contributed by atoms with Crippen LogP contribution in [-0.2, 0) is 23.7 Å². The lowest BCUT2D eigenvalue weighted by molar-refractivity contribution is 0.649. The van der Waals surface area contributed by atoms with Gasteiger partial charge in [-0.05, 0) is 161 Å². The maximum atomic E-state index is 7.13. The van der Waals surface area contributed by atoms with Crippen molar-refractivity contribution in [2.45, 2.75) is 63.2 Å². The van der Waals surface area contributed by atoms with Gasteiger partial charge in [0.05, 0.1) is 0 Å². The molecule has 9 aromatic rings. The molecule has 8 aliphatic carbocycles. The predicted octanol–water partition coefficient (Wildman–Crippen LogP) is 17.3. The van der Waals surface area contributed by atoms with Gasteiger partial charge in [-0.15, -0.1) is 0 Å². The summed E-state index contributed by atoms with van der Waals surface area (Å²) in [4.78, 5) is 0. The normalized spacial score (nSPS) is 20.5. The number of fused-ring (bicyclic) bond motifs is 14. The molecule has 0 bridgehead atoms. The van der Waals surface area contributed by atoms with Crippen LogP contribution in [0.15, 0.2) is 189 Å². The van der Waals surface area contributed by atoms with E-state index < -0.39 is 0 Å². The van der Waals surface area contributed by atoms with Gasteiger partial charge < -0.3 is 8.83 Å². The Bertz CT molecular complexity index is 4050. The van der Waals surface area contributed by atoms with E-state index in [0.717, 1.165) is 35.2 Å². The Hall–Kier alpha value is -7.94. The lowest BCUT2D eigenvalue weighted by Crippen LogP contribution is -2.19. The molecule has 2 aromatic heterocycles. The molecule has 0 radical (unpaired) electrons. The van der Waals surface area contributed by atoms with Crippen molar-refractivity contribution < 1.29 is 8.83 Å². The van der Waals surface area contributed by atoms with E-state index in [-0.39, 0.29) is 22.7 Å². The van der Waals surface area contributed by atoms with Crippen LogP contribution in [0.4, 0.5) is 0 Å².